The van der Waals surface area contributed by atoms with Crippen LogP contribution in [-0.2, 0) is 6.54 Å². The molecule has 4 nitrogen and oxygen atoms in total. The monoisotopic (exact) mass is 303 g/mol. The summed E-state index contributed by atoms with van der Waals surface area (Å²) in [4.78, 5) is 0. The van der Waals surface area contributed by atoms with E-state index in [4.69, 9.17) is 13.9 Å². The van der Waals surface area contributed by atoms with Crippen molar-refractivity contribution >= 4 is 0 Å². The molecule has 0 spiro atoms. The zero-order valence-corrected chi connectivity index (χ0v) is 13.8. The van der Waals surface area contributed by atoms with E-state index in [0.717, 1.165) is 35.1 Å². The molecule has 1 N–H and O–H groups in total. The number of rotatable bonds is 8. The molecule has 22 heavy (non-hydrogen) atoms. The van der Waals surface area contributed by atoms with Gasteiger partial charge >= 0.3 is 0 Å². The molecule has 0 radical (unpaired) electrons. The van der Waals surface area contributed by atoms with Crippen LogP contribution in [0.4, 0.5) is 0 Å². The van der Waals surface area contributed by atoms with Crippen LogP contribution in [0.15, 0.2) is 34.7 Å². The first-order valence-electron chi connectivity index (χ1n) is 7.82. The molecule has 0 amide bonds. The van der Waals surface area contributed by atoms with Gasteiger partial charge in [-0.25, -0.2) is 0 Å². The van der Waals surface area contributed by atoms with Gasteiger partial charge in [0.25, 0.3) is 0 Å². The lowest BCUT2D eigenvalue weighted by Gasteiger charge is -2.14. The Kier molecular flexibility index (Phi) is 5.90. The summed E-state index contributed by atoms with van der Waals surface area (Å²) in [6.07, 6.45) is 0. The lowest BCUT2D eigenvalue weighted by Crippen LogP contribution is -2.17. The lowest BCUT2D eigenvalue weighted by molar-refractivity contribution is 0.287. The van der Waals surface area contributed by atoms with Gasteiger partial charge in [0.15, 0.2) is 11.5 Å². The molecule has 120 valence electrons. The standard InChI is InChI=1S/C18H25NO3/c1-5-20-17-10-8-15(11-18(17)21-6-2)12-19-14(4)16-9-7-13(3)22-16/h7-11,14,19H,5-6,12H2,1-4H3. The van der Waals surface area contributed by atoms with Crippen molar-refractivity contribution in [2.75, 3.05) is 13.2 Å². The maximum absolute atomic E-state index is 5.65. The number of nitrogens with one attached hydrogen (secondary N) is 1. The van der Waals surface area contributed by atoms with Crippen molar-refractivity contribution in [3.05, 3.63) is 47.4 Å². The Morgan fingerprint density at radius 2 is 1.77 bits per heavy atom. The number of benzene rings is 1. The van der Waals surface area contributed by atoms with Crippen LogP contribution in [0.1, 0.15) is 43.9 Å². The molecule has 0 fully saturated rings. The zero-order valence-electron chi connectivity index (χ0n) is 13.8. The summed E-state index contributed by atoms with van der Waals surface area (Å²) in [6, 6.07) is 10.2. The highest BCUT2D eigenvalue weighted by Gasteiger charge is 2.10. The summed E-state index contributed by atoms with van der Waals surface area (Å²) in [5.41, 5.74) is 1.15. The predicted molar refractivity (Wildman–Crippen MR) is 87.5 cm³/mol. The summed E-state index contributed by atoms with van der Waals surface area (Å²) in [5, 5.41) is 3.46. The van der Waals surface area contributed by atoms with Crippen molar-refractivity contribution in [3.8, 4) is 11.5 Å². The number of hydrogen-bond donors (Lipinski definition) is 1. The van der Waals surface area contributed by atoms with E-state index in [9.17, 15) is 0 Å². The van der Waals surface area contributed by atoms with Crippen LogP contribution in [0.2, 0.25) is 0 Å². The fourth-order valence-electron chi connectivity index (χ4n) is 2.26. The van der Waals surface area contributed by atoms with Crippen LogP contribution in [-0.4, -0.2) is 13.2 Å². The highest BCUT2D eigenvalue weighted by atomic mass is 16.5. The molecule has 1 aromatic carbocycles. The second kappa shape index (κ2) is 7.90. The van der Waals surface area contributed by atoms with E-state index in [1.165, 1.54) is 0 Å². The smallest absolute Gasteiger partial charge is 0.161 e. The van der Waals surface area contributed by atoms with Crippen LogP contribution in [0.5, 0.6) is 11.5 Å². The Balaban J connectivity index is 2.01. The van der Waals surface area contributed by atoms with E-state index in [-0.39, 0.29) is 6.04 Å². The van der Waals surface area contributed by atoms with Gasteiger partial charge < -0.3 is 19.2 Å². The summed E-state index contributed by atoms with van der Waals surface area (Å²) >= 11 is 0. The second-order valence-corrected chi connectivity index (χ2v) is 5.20. The normalized spacial score (nSPS) is 12.2. The average Bonchev–Trinajstić information content (AvgIpc) is 2.94. The maximum atomic E-state index is 5.65. The molecular formula is C18H25NO3. The Hall–Kier alpha value is -1.94. The summed E-state index contributed by atoms with van der Waals surface area (Å²) < 4.78 is 16.9. The van der Waals surface area contributed by atoms with E-state index in [1.807, 2.05) is 45.0 Å². The molecule has 1 heterocycles. The fraction of sp³-hybridized carbons (Fsp3) is 0.444. The average molecular weight is 303 g/mol. The molecule has 4 heteroatoms. The van der Waals surface area contributed by atoms with Gasteiger partial charge in [-0.05, 0) is 57.5 Å². The predicted octanol–water partition coefficient (Wildman–Crippen LogP) is 4.24. The van der Waals surface area contributed by atoms with Gasteiger partial charge in [0.1, 0.15) is 11.5 Å². The minimum atomic E-state index is 0.163. The van der Waals surface area contributed by atoms with Gasteiger partial charge in [0.05, 0.1) is 19.3 Å². The largest absolute Gasteiger partial charge is 0.490 e. The first-order valence-corrected chi connectivity index (χ1v) is 7.82. The Labute approximate surface area is 132 Å². The van der Waals surface area contributed by atoms with Crippen LogP contribution in [0, 0.1) is 6.92 Å². The highest BCUT2D eigenvalue weighted by Crippen LogP contribution is 2.28. The second-order valence-electron chi connectivity index (χ2n) is 5.20. The third kappa shape index (κ3) is 4.28. The molecule has 0 bridgehead atoms. The molecule has 0 aliphatic heterocycles. The first kappa shape index (κ1) is 16.4. The molecular weight excluding hydrogens is 278 g/mol. The number of hydrogen-bond acceptors (Lipinski definition) is 4. The molecule has 1 atom stereocenters. The van der Waals surface area contributed by atoms with Crippen molar-refractivity contribution in [1.82, 2.24) is 5.32 Å². The fourth-order valence-corrected chi connectivity index (χ4v) is 2.26. The van der Waals surface area contributed by atoms with E-state index < -0.39 is 0 Å². The van der Waals surface area contributed by atoms with E-state index >= 15 is 0 Å². The quantitative estimate of drug-likeness (QED) is 0.792. The third-order valence-electron chi connectivity index (χ3n) is 3.41. The Morgan fingerprint density at radius 3 is 2.41 bits per heavy atom. The number of furan rings is 1. The van der Waals surface area contributed by atoms with Gasteiger partial charge in [-0.3, -0.25) is 0 Å². The molecule has 0 saturated carbocycles. The third-order valence-corrected chi connectivity index (χ3v) is 3.41. The molecule has 0 aliphatic rings. The molecule has 0 saturated heterocycles. The minimum Gasteiger partial charge on any atom is -0.490 e. The van der Waals surface area contributed by atoms with Crippen molar-refractivity contribution in [1.29, 1.82) is 0 Å². The van der Waals surface area contributed by atoms with Gasteiger partial charge in [0.2, 0.25) is 0 Å². The van der Waals surface area contributed by atoms with Crippen LogP contribution in [0.3, 0.4) is 0 Å². The summed E-state index contributed by atoms with van der Waals surface area (Å²) in [7, 11) is 0. The molecule has 0 aliphatic carbocycles. The Bertz CT molecular complexity index is 592. The van der Waals surface area contributed by atoms with Gasteiger partial charge in [0, 0.05) is 6.54 Å². The van der Waals surface area contributed by atoms with Gasteiger partial charge in [-0.2, -0.15) is 0 Å². The highest BCUT2D eigenvalue weighted by molar-refractivity contribution is 5.43. The van der Waals surface area contributed by atoms with Crippen LogP contribution >= 0.6 is 0 Å². The van der Waals surface area contributed by atoms with E-state index in [2.05, 4.69) is 18.3 Å². The van der Waals surface area contributed by atoms with Crippen molar-refractivity contribution in [3.63, 3.8) is 0 Å². The van der Waals surface area contributed by atoms with Gasteiger partial charge in [-0.15, -0.1) is 0 Å². The molecule has 2 rings (SSSR count). The van der Waals surface area contributed by atoms with Crippen molar-refractivity contribution in [2.24, 2.45) is 0 Å². The maximum Gasteiger partial charge on any atom is 0.161 e. The lowest BCUT2D eigenvalue weighted by atomic mass is 10.1. The SMILES string of the molecule is CCOc1ccc(CNC(C)c2ccc(C)o2)cc1OCC. The topological polar surface area (TPSA) is 43.6 Å². The van der Waals surface area contributed by atoms with Crippen LogP contribution < -0.4 is 14.8 Å². The van der Waals surface area contributed by atoms with E-state index in [1.54, 1.807) is 0 Å². The van der Waals surface area contributed by atoms with Crippen molar-refractivity contribution in [2.45, 2.75) is 40.3 Å². The molecule has 1 unspecified atom stereocenters. The minimum absolute atomic E-state index is 0.163. The molecule has 2 aromatic rings. The zero-order chi connectivity index (χ0) is 15.9. The van der Waals surface area contributed by atoms with E-state index in [0.29, 0.717) is 13.2 Å². The Morgan fingerprint density at radius 1 is 1.05 bits per heavy atom. The summed E-state index contributed by atoms with van der Waals surface area (Å²) in [5.74, 6) is 3.48. The van der Waals surface area contributed by atoms with Crippen molar-refractivity contribution < 1.29 is 13.9 Å². The number of ether oxygens (including phenoxy) is 2. The van der Waals surface area contributed by atoms with Gasteiger partial charge in [-0.1, -0.05) is 6.07 Å². The van der Waals surface area contributed by atoms with Crippen LogP contribution in [0.25, 0.3) is 0 Å². The summed E-state index contributed by atoms with van der Waals surface area (Å²) in [6.45, 7) is 9.99. The molecule has 1 aromatic heterocycles. The number of aryl methyl sites for hydroxylation is 1. The first-order chi connectivity index (χ1) is 10.6.